The van der Waals surface area contributed by atoms with Crippen LogP contribution in [0.1, 0.15) is 59.5 Å². The number of fused-ring (bicyclic) bond motifs is 1. The molecule has 0 saturated carbocycles. The molecule has 128 valence electrons. The Morgan fingerprint density at radius 2 is 2.25 bits per heavy atom. The third-order valence-corrected chi connectivity index (χ3v) is 4.64. The lowest BCUT2D eigenvalue weighted by atomic mass is 9.87. The molecule has 1 aliphatic carbocycles. The van der Waals surface area contributed by atoms with E-state index in [-0.39, 0.29) is 11.9 Å². The molecule has 24 heavy (non-hydrogen) atoms. The molecule has 1 amide bonds. The normalized spacial score (nSPS) is 16.5. The summed E-state index contributed by atoms with van der Waals surface area (Å²) >= 11 is 0. The molecule has 5 nitrogen and oxygen atoms in total. The van der Waals surface area contributed by atoms with Crippen LogP contribution in [-0.4, -0.2) is 22.8 Å². The summed E-state index contributed by atoms with van der Waals surface area (Å²) in [6.07, 6.45) is 4.98. The first kappa shape index (κ1) is 16.6. The minimum Gasteiger partial charge on any atom is -0.497 e. The van der Waals surface area contributed by atoms with Crippen molar-refractivity contribution in [2.45, 2.75) is 45.1 Å². The summed E-state index contributed by atoms with van der Waals surface area (Å²) in [4.78, 5) is 12.7. The van der Waals surface area contributed by atoms with Crippen LogP contribution in [0.3, 0.4) is 0 Å². The summed E-state index contributed by atoms with van der Waals surface area (Å²) in [6.45, 7) is 2.11. The maximum Gasteiger partial charge on any atom is 0.270 e. The van der Waals surface area contributed by atoms with Crippen LogP contribution in [0, 0.1) is 0 Å². The van der Waals surface area contributed by atoms with Gasteiger partial charge in [-0.3, -0.25) is 9.48 Å². The van der Waals surface area contributed by atoms with Gasteiger partial charge >= 0.3 is 0 Å². The molecule has 1 N–H and O–H groups in total. The third-order valence-electron chi connectivity index (χ3n) is 4.64. The summed E-state index contributed by atoms with van der Waals surface area (Å²) in [5.41, 5.74) is 4.06. The highest BCUT2D eigenvalue weighted by molar-refractivity contribution is 5.93. The minimum absolute atomic E-state index is 0.0525. The zero-order valence-electron chi connectivity index (χ0n) is 14.6. The van der Waals surface area contributed by atoms with Crippen molar-refractivity contribution in [3.63, 3.8) is 0 Å². The number of hydrogen-bond donors (Lipinski definition) is 1. The fraction of sp³-hybridized carbons (Fsp3) is 0.474. The molecule has 1 aromatic heterocycles. The molecular weight excluding hydrogens is 302 g/mol. The number of hydrogen-bond acceptors (Lipinski definition) is 3. The van der Waals surface area contributed by atoms with E-state index in [9.17, 15) is 4.79 Å². The Kier molecular flexibility index (Phi) is 4.88. The fourth-order valence-electron chi connectivity index (χ4n) is 3.42. The van der Waals surface area contributed by atoms with Gasteiger partial charge in [0.15, 0.2) is 0 Å². The molecule has 2 aromatic rings. The van der Waals surface area contributed by atoms with Crippen LogP contribution in [-0.2, 0) is 19.9 Å². The van der Waals surface area contributed by atoms with Crippen LogP contribution in [0.4, 0.5) is 0 Å². The van der Waals surface area contributed by atoms with Crippen LogP contribution in [0.15, 0.2) is 24.3 Å². The summed E-state index contributed by atoms with van der Waals surface area (Å²) < 4.78 is 6.99. The van der Waals surface area contributed by atoms with E-state index < -0.39 is 0 Å². The average molecular weight is 327 g/mol. The van der Waals surface area contributed by atoms with E-state index in [4.69, 9.17) is 4.74 Å². The summed E-state index contributed by atoms with van der Waals surface area (Å²) in [5.74, 6) is 0.817. The first-order valence-electron chi connectivity index (χ1n) is 8.63. The molecule has 1 aliphatic rings. The van der Waals surface area contributed by atoms with Crippen molar-refractivity contribution >= 4 is 5.91 Å². The van der Waals surface area contributed by atoms with E-state index in [2.05, 4.69) is 29.5 Å². The van der Waals surface area contributed by atoms with Crippen LogP contribution < -0.4 is 10.1 Å². The van der Waals surface area contributed by atoms with Gasteiger partial charge in [-0.2, -0.15) is 5.10 Å². The van der Waals surface area contributed by atoms with E-state index in [0.717, 1.165) is 43.5 Å². The summed E-state index contributed by atoms with van der Waals surface area (Å²) in [6, 6.07) is 8.07. The molecule has 0 bridgehead atoms. The van der Waals surface area contributed by atoms with E-state index in [1.165, 1.54) is 11.1 Å². The fourth-order valence-corrected chi connectivity index (χ4v) is 3.42. The van der Waals surface area contributed by atoms with Gasteiger partial charge in [0.2, 0.25) is 0 Å². The predicted molar refractivity (Wildman–Crippen MR) is 93.3 cm³/mol. The Hall–Kier alpha value is -2.30. The van der Waals surface area contributed by atoms with Crippen LogP contribution in [0.25, 0.3) is 0 Å². The number of nitrogens with zero attached hydrogens (tertiary/aromatic N) is 2. The van der Waals surface area contributed by atoms with E-state index in [1.54, 1.807) is 11.8 Å². The number of aryl methyl sites for hydroxylation is 3. The van der Waals surface area contributed by atoms with Gasteiger partial charge in [0.25, 0.3) is 5.91 Å². The SMILES string of the molecule is CCCc1cc(C(=O)N[C@H]2CCCc3cc(OC)ccc32)n(C)n1. The largest absolute Gasteiger partial charge is 0.497 e. The van der Waals surface area contributed by atoms with E-state index in [0.29, 0.717) is 5.69 Å². The Labute approximate surface area is 143 Å². The van der Waals surface area contributed by atoms with Gasteiger partial charge in [0.1, 0.15) is 11.4 Å². The maximum absolute atomic E-state index is 12.7. The Morgan fingerprint density at radius 1 is 1.42 bits per heavy atom. The van der Waals surface area contributed by atoms with Gasteiger partial charge in [-0.15, -0.1) is 0 Å². The second-order valence-electron chi connectivity index (χ2n) is 6.38. The zero-order chi connectivity index (χ0) is 17.1. The number of nitrogens with one attached hydrogen (secondary N) is 1. The van der Waals surface area contributed by atoms with Crippen LogP contribution in [0.5, 0.6) is 5.75 Å². The summed E-state index contributed by atoms with van der Waals surface area (Å²) in [7, 11) is 3.51. The van der Waals surface area contributed by atoms with Crippen LogP contribution in [0.2, 0.25) is 0 Å². The highest BCUT2D eigenvalue weighted by Crippen LogP contribution is 2.32. The second-order valence-corrected chi connectivity index (χ2v) is 6.38. The van der Waals surface area contributed by atoms with Gasteiger partial charge in [-0.25, -0.2) is 0 Å². The van der Waals surface area contributed by atoms with E-state index in [1.807, 2.05) is 19.2 Å². The van der Waals surface area contributed by atoms with Crippen molar-refractivity contribution in [1.29, 1.82) is 0 Å². The second kappa shape index (κ2) is 7.07. The van der Waals surface area contributed by atoms with Crippen molar-refractivity contribution in [1.82, 2.24) is 15.1 Å². The molecule has 1 heterocycles. The number of carbonyl (C=O) groups is 1. The van der Waals surface area contributed by atoms with Gasteiger partial charge in [0, 0.05) is 7.05 Å². The molecular formula is C19H25N3O2. The van der Waals surface area contributed by atoms with Crippen molar-refractivity contribution in [2.75, 3.05) is 7.11 Å². The number of benzene rings is 1. The van der Waals surface area contributed by atoms with Gasteiger partial charge in [-0.05, 0) is 55.0 Å². The molecule has 3 rings (SSSR count). The van der Waals surface area contributed by atoms with Crippen molar-refractivity contribution in [3.05, 3.63) is 46.8 Å². The highest BCUT2D eigenvalue weighted by Gasteiger charge is 2.24. The zero-order valence-corrected chi connectivity index (χ0v) is 14.6. The monoisotopic (exact) mass is 327 g/mol. The number of amides is 1. The lowest BCUT2D eigenvalue weighted by Crippen LogP contribution is -2.32. The van der Waals surface area contributed by atoms with Gasteiger partial charge in [0.05, 0.1) is 18.8 Å². The van der Waals surface area contributed by atoms with Crippen LogP contribution >= 0.6 is 0 Å². The quantitative estimate of drug-likeness (QED) is 0.917. The standard InChI is InChI=1S/C19H25N3O2/c1-4-6-14-12-18(22(2)21-14)19(23)20-17-8-5-7-13-11-15(24-3)9-10-16(13)17/h9-12,17H,4-8H2,1-3H3,(H,20,23)/t17-/m0/s1. The van der Waals surface area contributed by atoms with Gasteiger partial charge in [-0.1, -0.05) is 19.4 Å². The first-order valence-corrected chi connectivity index (χ1v) is 8.63. The lowest BCUT2D eigenvalue weighted by molar-refractivity contribution is 0.0923. The Morgan fingerprint density at radius 3 is 3.00 bits per heavy atom. The highest BCUT2D eigenvalue weighted by atomic mass is 16.5. The van der Waals surface area contributed by atoms with Crippen molar-refractivity contribution in [2.24, 2.45) is 7.05 Å². The predicted octanol–water partition coefficient (Wildman–Crippen LogP) is 3.19. The third kappa shape index (κ3) is 3.30. The smallest absolute Gasteiger partial charge is 0.270 e. The lowest BCUT2D eigenvalue weighted by Gasteiger charge is -2.26. The molecule has 0 spiro atoms. The molecule has 0 radical (unpaired) electrons. The molecule has 0 aliphatic heterocycles. The Bertz CT molecular complexity index is 736. The number of rotatable bonds is 5. The van der Waals surface area contributed by atoms with Crippen molar-refractivity contribution in [3.8, 4) is 5.75 Å². The molecule has 0 saturated heterocycles. The topological polar surface area (TPSA) is 56.1 Å². The number of ether oxygens (including phenoxy) is 1. The van der Waals surface area contributed by atoms with Crippen molar-refractivity contribution < 1.29 is 9.53 Å². The average Bonchev–Trinajstić information content (AvgIpc) is 2.95. The molecule has 5 heteroatoms. The Balaban J connectivity index is 1.78. The molecule has 0 unspecified atom stereocenters. The molecule has 0 fully saturated rings. The summed E-state index contributed by atoms with van der Waals surface area (Å²) in [5, 5.41) is 7.61. The first-order chi connectivity index (χ1) is 11.6. The number of carbonyl (C=O) groups excluding carboxylic acids is 1. The number of methoxy groups -OCH3 is 1. The van der Waals surface area contributed by atoms with Gasteiger partial charge < -0.3 is 10.1 Å². The van der Waals surface area contributed by atoms with E-state index >= 15 is 0 Å². The minimum atomic E-state index is -0.0546. The number of aromatic nitrogens is 2. The maximum atomic E-state index is 12.7. The molecule has 1 atom stereocenters. The molecule has 1 aromatic carbocycles.